The van der Waals surface area contributed by atoms with Crippen LogP contribution in [-0.4, -0.2) is 39.7 Å². The molecule has 0 bridgehead atoms. The number of aliphatic carboxylic acids is 1. The van der Waals surface area contributed by atoms with E-state index in [4.69, 9.17) is 20.4 Å². The van der Waals surface area contributed by atoms with E-state index < -0.39 is 12.0 Å². The highest BCUT2D eigenvalue weighted by molar-refractivity contribution is 6.09. The zero-order chi connectivity index (χ0) is 11.7. The van der Waals surface area contributed by atoms with E-state index in [2.05, 4.69) is 9.97 Å². The van der Waals surface area contributed by atoms with E-state index in [9.17, 15) is 4.79 Å². The van der Waals surface area contributed by atoms with E-state index in [0.29, 0.717) is 0 Å². The van der Waals surface area contributed by atoms with Crippen molar-refractivity contribution in [2.24, 2.45) is 5.73 Å². The number of aromatic nitrogens is 2. The van der Waals surface area contributed by atoms with Crippen molar-refractivity contribution in [3.8, 4) is 0 Å². The Morgan fingerprint density at radius 1 is 1.60 bits per heavy atom. The maximum Gasteiger partial charge on any atom is 0.320 e. The number of carboxylic acid groups (broad SMARTS) is 1. The molecule has 15 heavy (non-hydrogen) atoms. The second kappa shape index (κ2) is 7.39. The van der Waals surface area contributed by atoms with Gasteiger partial charge in [0, 0.05) is 18.3 Å². The predicted octanol–water partition coefficient (Wildman–Crippen LogP) is -1.25. The van der Waals surface area contributed by atoms with Gasteiger partial charge in [-0.25, -0.2) is 4.98 Å². The molecule has 0 unspecified atom stereocenters. The van der Waals surface area contributed by atoms with Gasteiger partial charge < -0.3 is 15.8 Å². The van der Waals surface area contributed by atoms with Crippen LogP contribution < -0.4 is 5.73 Å². The number of imidazole rings is 1. The van der Waals surface area contributed by atoms with Crippen LogP contribution in [0, 0.1) is 0 Å². The third kappa shape index (κ3) is 6.11. The number of rotatable bonds is 4. The third-order valence-electron chi connectivity index (χ3n) is 1.37. The lowest BCUT2D eigenvalue weighted by atomic mass is 10.2. The third-order valence-corrected chi connectivity index (χ3v) is 1.37. The van der Waals surface area contributed by atoms with Crippen LogP contribution in [-0.2, 0) is 20.8 Å². The molecule has 0 spiro atoms. The lowest BCUT2D eigenvalue weighted by molar-refractivity contribution is -0.138. The van der Waals surface area contributed by atoms with E-state index in [1.54, 1.807) is 6.20 Å². The summed E-state index contributed by atoms with van der Waals surface area (Å²) in [5.74, 6) is -1.00. The molecule has 1 aromatic rings. The average Bonchev–Trinajstić information content (AvgIpc) is 2.70. The van der Waals surface area contributed by atoms with Gasteiger partial charge in [0.2, 0.25) is 0 Å². The van der Waals surface area contributed by atoms with Crippen molar-refractivity contribution in [2.75, 3.05) is 0 Å². The maximum absolute atomic E-state index is 10.3. The summed E-state index contributed by atoms with van der Waals surface area (Å²) in [5, 5.41) is 8.42. The monoisotopic (exact) mass is 213 g/mol. The summed E-state index contributed by atoms with van der Waals surface area (Å²) in [6.45, 7) is 0. The highest BCUT2D eigenvalue weighted by Crippen LogP contribution is 1.95. The van der Waals surface area contributed by atoms with Gasteiger partial charge in [0.05, 0.1) is 6.33 Å². The Morgan fingerprint density at radius 3 is 2.53 bits per heavy atom. The number of nitrogens with zero attached hydrogens (tertiary/aromatic N) is 1. The van der Waals surface area contributed by atoms with Gasteiger partial charge in [-0.05, 0) is 0 Å². The molecule has 82 valence electrons. The summed E-state index contributed by atoms with van der Waals surface area (Å²) in [7, 11) is 0. The molecule has 1 aromatic heterocycles. The number of carbonyl (C=O) groups is 3. The number of carbonyl (C=O) groups excluding carboxylic acids is 2. The first-order valence-corrected chi connectivity index (χ1v) is 3.96. The second-order valence-corrected chi connectivity index (χ2v) is 2.50. The quantitative estimate of drug-likeness (QED) is 0.423. The minimum absolute atomic E-state index is 0.194. The molecule has 0 amide bonds. The van der Waals surface area contributed by atoms with Crippen LogP contribution in [0.2, 0.25) is 0 Å². The maximum atomic E-state index is 10.3. The zero-order valence-corrected chi connectivity index (χ0v) is 7.79. The molecule has 7 heteroatoms. The Balaban J connectivity index is 0.000000423. The number of H-pyrrole nitrogens is 1. The Bertz CT molecular complexity index is 304. The highest BCUT2D eigenvalue weighted by atomic mass is 16.4. The standard InChI is InChI=1S/C6H9N3O2.C2H2O2/c7-5(6(10)11)1-4-2-8-3-9-4;3-1-2-4/h2-3,5H,1,7H2,(H,8,9)(H,10,11);1-2H/t5-;/m0./s1. The van der Waals surface area contributed by atoms with Crippen molar-refractivity contribution < 1.29 is 19.5 Å². The topological polar surface area (TPSA) is 126 Å². The fourth-order valence-corrected chi connectivity index (χ4v) is 0.721. The summed E-state index contributed by atoms with van der Waals surface area (Å²) >= 11 is 0. The van der Waals surface area contributed by atoms with Gasteiger partial charge in [-0.15, -0.1) is 0 Å². The van der Waals surface area contributed by atoms with E-state index in [1.165, 1.54) is 6.33 Å². The smallest absolute Gasteiger partial charge is 0.320 e. The highest BCUT2D eigenvalue weighted by Gasteiger charge is 2.11. The molecule has 7 nitrogen and oxygen atoms in total. The minimum Gasteiger partial charge on any atom is -0.480 e. The van der Waals surface area contributed by atoms with Crippen LogP contribution in [0.4, 0.5) is 0 Å². The normalized spacial score (nSPS) is 10.7. The number of aromatic amines is 1. The number of aldehydes is 2. The van der Waals surface area contributed by atoms with Gasteiger partial charge in [0.1, 0.15) is 6.04 Å². The predicted molar refractivity (Wildman–Crippen MR) is 50.0 cm³/mol. The fourth-order valence-electron chi connectivity index (χ4n) is 0.721. The second-order valence-electron chi connectivity index (χ2n) is 2.50. The number of nitrogens with two attached hydrogens (primary N) is 1. The van der Waals surface area contributed by atoms with Crippen molar-refractivity contribution in [1.29, 1.82) is 0 Å². The molecule has 4 N–H and O–H groups in total. The number of hydrogen-bond acceptors (Lipinski definition) is 5. The van der Waals surface area contributed by atoms with Gasteiger partial charge in [-0.3, -0.25) is 14.4 Å². The fraction of sp³-hybridized carbons (Fsp3) is 0.250. The average molecular weight is 213 g/mol. The summed E-state index contributed by atoms with van der Waals surface area (Å²) in [6, 6.07) is -0.851. The van der Waals surface area contributed by atoms with Crippen LogP contribution in [0.5, 0.6) is 0 Å². The number of hydrogen-bond donors (Lipinski definition) is 3. The molecule has 0 radical (unpaired) electrons. The summed E-state index contributed by atoms with van der Waals surface area (Å²) in [5.41, 5.74) is 6.00. The van der Waals surface area contributed by atoms with Crippen LogP contribution in [0.15, 0.2) is 12.5 Å². The van der Waals surface area contributed by atoms with Crippen LogP contribution in [0.1, 0.15) is 5.69 Å². The lowest BCUT2D eigenvalue weighted by Crippen LogP contribution is -2.32. The molecule has 0 aromatic carbocycles. The molecule has 0 aliphatic carbocycles. The van der Waals surface area contributed by atoms with Crippen molar-refractivity contribution in [3.05, 3.63) is 18.2 Å². The first-order valence-electron chi connectivity index (χ1n) is 3.96. The largest absolute Gasteiger partial charge is 0.480 e. The molecule has 1 rings (SSSR count). The lowest BCUT2D eigenvalue weighted by Gasteiger charge is -2.02. The van der Waals surface area contributed by atoms with Crippen molar-refractivity contribution in [2.45, 2.75) is 12.5 Å². The van der Waals surface area contributed by atoms with E-state index in [-0.39, 0.29) is 19.0 Å². The first kappa shape index (κ1) is 13.0. The van der Waals surface area contributed by atoms with Gasteiger partial charge in [-0.1, -0.05) is 0 Å². The molecule has 0 fully saturated rings. The van der Waals surface area contributed by atoms with Crippen LogP contribution in [0.3, 0.4) is 0 Å². The van der Waals surface area contributed by atoms with Gasteiger partial charge in [0.25, 0.3) is 0 Å². The number of nitrogens with one attached hydrogen (secondary N) is 1. The van der Waals surface area contributed by atoms with E-state index >= 15 is 0 Å². The Labute approximate surface area is 85.3 Å². The summed E-state index contributed by atoms with van der Waals surface area (Å²) < 4.78 is 0. The summed E-state index contributed by atoms with van der Waals surface area (Å²) in [6.07, 6.45) is 3.72. The molecule has 0 saturated heterocycles. The Kier molecular flexibility index (Phi) is 6.39. The van der Waals surface area contributed by atoms with E-state index in [1.807, 2.05) is 0 Å². The molecule has 0 aliphatic rings. The SMILES string of the molecule is N[C@@H](Cc1cnc[nH]1)C(=O)O.O=CC=O. The minimum atomic E-state index is -1.00. The molecule has 0 saturated carbocycles. The molecule has 0 aliphatic heterocycles. The molecule has 1 atom stereocenters. The van der Waals surface area contributed by atoms with Crippen molar-refractivity contribution >= 4 is 18.5 Å². The van der Waals surface area contributed by atoms with E-state index in [0.717, 1.165) is 5.69 Å². The molecule has 1 heterocycles. The van der Waals surface area contributed by atoms with Crippen molar-refractivity contribution in [3.63, 3.8) is 0 Å². The van der Waals surface area contributed by atoms with Crippen LogP contribution in [0.25, 0.3) is 0 Å². The summed E-state index contributed by atoms with van der Waals surface area (Å²) in [4.78, 5) is 34.4. The van der Waals surface area contributed by atoms with Gasteiger partial charge >= 0.3 is 5.97 Å². The number of carboxylic acids is 1. The van der Waals surface area contributed by atoms with Crippen LogP contribution >= 0.6 is 0 Å². The zero-order valence-electron chi connectivity index (χ0n) is 7.79. The Morgan fingerprint density at radius 2 is 2.20 bits per heavy atom. The molecular weight excluding hydrogens is 202 g/mol. The van der Waals surface area contributed by atoms with Gasteiger partial charge in [0.15, 0.2) is 12.6 Å². The molecular formula is C8H11N3O4. The Hall–Kier alpha value is -2.02. The first-order chi connectivity index (χ1) is 7.11. The van der Waals surface area contributed by atoms with Gasteiger partial charge in [-0.2, -0.15) is 0 Å². The van der Waals surface area contributed by atoms with Crippen molar-refractivity contribution in [1.82, 2.24) is 9.97 Å².